The Balaban J connectivity index is 1.75. The van der Waals surface area contributed by atoms with E-state index in [0.717, 1.165) is 19.6 Å². The second-order valence-electron chi connectivity index (χ2n) is 6.35. The van der Waals surface area contributed by atoms with Gasteiger partial charge in [0.1, 0.15) is 6.04 Å². The third-order valence-electron chi connectivity index (χ3n) is 4.44. The highest BCUT2D eigenvalue weighted by Gasteiger charge is 2.29. The topological polar surface area (TPSA) is 53.6 Å². The minimum absolute atomic E-state index is 0.0396. The number of rotatable bonds is 4. The van der Waals surface area contributed by atoms with Gasteiger partial charge in [-0.3, -0.25) is 4.79 Å². The molecule has 0 spiro atoms. The minimum atomic E-state index is -0.200. The average Bonchev–Trinajstić information content (AvgIpc) is 2.45. The summed E-state index contributed by atoms with van der Waals surface area (Å²) in [6.45, 7) is 11.0. The standard InChI is InChI=1S/C15H29N3O2/c1-11(2)18-7-4-5-13(10-18)9-17-15(19)14-12(3)20-8-6-16-14/h11-14,16H,4-10H2,1-3H3,(H,17,19)/t12-,13?,14+/m1/s1. The maximum atomic E-state index is 12.2. The fraction of sp³-hybridized carbons (Fsp3) is 0.933. The molecule has 2 saturated heterocycles. The van der Waals surface area contributed by atoms with Gasteiger partial charge in [0.05, 0.1) is 12.7 Å². The van der Waals surface area contributed by atoms with Gasteiger partial charge in [-0.1, -0.05) is 0 Å². The van der Waals surface area contributed by atoms with E-state index in [1.54, 1.807) is 0 Å². The number of amides is 1. The van der Waals surface area contributed by atoms with Crippen molar-refractivity contribution >= 4 is 5.91 Å². The summed E-state index contributed by atoms with van der Waals surface area (Å²) >= 11 is 0. The lowest BCUT2D eigenvalue weighted by atomic mass is 9.96. The molecule has 20 heavy (non-hydrogen) atoms. The lowest BCUT2D eigenvalue weighted by Gasteiger charge is -2.36. The van der Waals surface area contributed by atoms with E-state index in [4.69, 9.17) is 4.74 Å². The molecule has 0 aromatic rings. The van der Waals surface area contributed by atoms with Gasteiger partial charge in [0, 0.05) is 25.7 Å². The molecule has 2 heterocycles. The van der Waals surface area contributed by atoms with Crippen LogP contribution in [0.4, 0.5) is 0 Å². The molecule has 0 aromatic heterocycles. The predicted octanol–water partition coefficient (Wildman–Crippen LogP) is 0.600. The van der Waals surface area contributed by atoms with Gasteiger partial charge in [0.25, 0.3) is 0 Å². The highest BCUT2D eigenvalue weighted by Crippen LogP contribution is 2.17. The first-order valence-electron chi connectivity index (χ1n) is 7.94. The quantitative estimate of drug-likeness (QED) is 0.793. The lowest BCUT2D eigenvalue weighted by Crippen LogP contribution is -2.56. The Kier molecular flexibility index (Phi) is 5.81. The van der Waals surface area contributed by atoms with Crippen molar-refractivity contribution in [2.24, 2.45) is 5.92 Å². The fourth-order valence-electron chi connectivity index (χ4n) is 3.12. The third kappa shape index (κ3) is 4.17. The SMILES string of the molecule is CC(C)N1CCCC(CNC(=O)[C@H]2NCCO[C@@H]2C)C1. The molecule has 0 aromatic carbocycles. The summed E-state index contributed by atoms with van der Waals surface area (Å²) in [4.78, 5) is 14.7. The van der Waals surface area contributed by atoms with Crippen LogP contribution in [0.1, 0.15) is 33.6 Å². The first kappa shape index (κ1) is 15.7. The third-order valence-corrected chi connectivity index (χ3v) is 4.44. The molecule has 3 atom stereocenters. The number of nitrogens with one attached hydrogen (secondary N) is 2. The summed E-state index contributed by atoms with van der Waals surface area (Å²) in [5.41, 5.74) is 0. The number of hydrogen-bond donors (Lipinski definition) is 2. The van der Waals surface area contributed by atoms with Crippen molar-refractivity contribution in [1.29, 1.82) is 0 Å². The molecule has 2 aliphatic heterocycles. The molecule has 2 N–H and O–H groups in total. The molecule has 0 radical (unpaired) electrons. The van der Waals surface area contributed by atoms with Crippen LogP contribution in [0.2, 0.25) is 0 Å². The Morgan fingerprint density at radius 3 is 3.00 bits per heavy atom. The van der Waals surface area contributed by atoms with Crippen molar-refractivity contribution in [3.05, 3.63) is 0 Å². The maximum Gasteiger partial charge on any atom is 0.239 e. The number of carbonyl (C=O) groups excluding carboxylic acids is 1. The molecule has 0 bridgehead atoms. The first-order chi connectivity index (χ1) is 9.58. The van der Waals surface area contributed by atoms with Crippen LogP contribution in [0.5, 0.6) is 0 Å². The smallest absolute Gasteiger partial charge is 0.239 e. The van der Waals surface area contributed by atoms with Gasteiger partial charge in [-0.15, -0.1) is 0 Å². The minimum Gasteiger partial charge on any atom is -0.375 e. The van der Waals surface area contributed by atoms with E-state index < -0.39 is 0 Å². The van der Waals surface area contributed by atoms with Crippen molar-refractivity contribution in [1.82, 2.24) is 15.5 Å². The van der Waals surface area contributed by atoms with E-state index in [0.29, 0.717) is 18.6 Å². The van der Waals surface area contributed by atoms with Crippen LogP contribution >= 0.6 is 0 Å². The molecule has 0 aliphatic carbocycles. The van der Waals surface area contributed by atoms with Crippen molar-refractivity contribution in [3.8, 4) is 0 Å². The van der Waals surface area contributed by atoms with E-state index in [1.807, 2.05) is 6.92 Å². The predicted molar refractivity (Wildman–Crippen MR) is 79.6 cm³/mol. The number of hydrogen-bond acceptors (Lipinski definition) is 4. The van der Waals surface area contributed by atoms with Gasteiger partial charge in [0.15, 0.2) is 0 Å². The molecule has 2 rings (SSSR count). The number of carbonyl (C=O) groups is 1. The normalized spacial score (nSPS) is 32.3. The van der Waals surface area contributed by atoms with Crippen LogP contribution in [-0.4, -0.2) is 61.8 Å². The van der Waals surface area contributed by atoms with E-state index in [9.17, 15) is 4.79 Å². The van der Waals surface area contributed by atoms with Crippen LogP contribution in [0.3, 0.4) is 0 Å². The Bertz CT molecular complexity index is 322. The van der Waals surface area contributed by atoms with Crippen molar-refractivity contribution in [3.63, 3.8) is 0 Å². The van der Waals surface area contributed by atoms with E-state index in [-0.39, 0.29) is 18.1 Å². The van der Waals surface area contributed by atoms with Crippen LogP contribution in [0.25, 0.3) is 0 Å². The van der Waals surface area contributed by atoms with E-state index in [2.05, 4.69) is 29.4 Å². The summed E-state index contributed by atoms with van der Waals surface area (Å²) in [5, 5.41) is 6.34. The zero-order chi connectivity index (χ0) is 14.5. The van der Waals surface area contributed by atoms with Crippen molar-refractivity contribution < 1.29 is 9.53 Å². The Hall–Kier alpha value is -0.650. The molecule has 1 unspecified atom stereocenters. The van der Waals surface area contributed by atoms with Crippen LogP contribution < -0.4 is 10.6 Å². The molecule has 5 nitrogen and oxygen atoms in total. The monoisotopic (exact) mass is 283 g/mol. The fourth-order valence-corrected chi connectivity index (χ4v) is 3.12. The number of likely N-dealkylation sites (tertiary alicyclic amines) is 1. The van der Waals surface area contributed by atoms with E-state index >= 15 is 0 Å². The molecular formula is C15H29N3O2. The number of morpholine rings is 1. The molecule has 116 valence electrons. The van der Waals surface area contributed by atoms with Gasteiger partial charge in [-0.05, 0) is 46.1 Å². The van der Waals surface area contributed by atoms with Gasteiger partial charge in [-0.25, -0.2) is 0 Å². The number of ether oxygens (including phenoxy) is 1. The van der Waals surface area contributed by atoms with Crippen LogP contribution in [-0.2, 0) is 9.53 Å². The van der Waals surface area contributed by atoms with Gasteiger partial charge < -0.3 is 20.3 Å². The summed E-state index contributed by atoms with van der Waals surface area (Å²) in [5.74, 6) is 0.661. The molecular weight excluding hydrogens is 254 g/mol. The summed E-state index contributed by atoms with van der Waals surface area (Å²) in [7, 11) is 0. The average molecular weight is 283 g/mol. The summed E-state index contributed by atoms with van der Waals surface area (Å²) in [6, 6.07) is 0.399. The zero-order valence-corrected chi connectivity index (χ0v) is 13.0. The highest BCUT2D eigenvalue weighted by molar-refractivity contribution is 5.82. The second kappa shape index (κ2) is 7.38. The molecule has 1 amide bonds. The summed E-state index contributed by atoms with van der Waals surface area (Å²) < 4.78 is 5.52. The molecule has 0 saturated carbocycles. The number of nitrogens with zero attached hydrogens (tertiary/aromatic N) is 1. The van der Waals surface area contributed by atoms with Gasteiger partial charge in [0.2, 0.25) is 5.91 Å². The maximum absolute atomic E-state index is 12.2. The number of piperidine rings is 1. The van der Waals surface area contributed by atoms with Crippen LogP contribution in [0, 0.1) is 5.92 Å². The highest BCUT2D eigenvalue weighted by atomic mass is 16.5. The zero-order valence-electron chi connectivity index (χ0n) is 13.0. The largest absolute Gasteiger partial charge is 0.375 e. The van der Waals surface area contributed by atoms with Crippen molar-refractivity contribution in [2.45, 2.75) is 51.8 Å². The Morgan fingerprint density at radius 1 is 1.50 bits per heavy atom. The van der Waals surface area contributed by atoms with E-state index in [1.165, 1.54) is 19.4 Å². The first-order valence-corrected chi connectivity index (χ1v) is 7.94. The Morgan fingerprint density at radius 2 is 2.30 bits per heavy atom. The van der Waals surface area contributed by atoms with Crippen LogP contribution in [0.15, 0.2) is 0 Å². The van der Waals surface area contributed by atoms with Gasteiger partial charge in [-0.2, -0.15) is 0 Å². The van der Waals surface area contributed by atoms with Gasteiger partial charge >= 0.3 is 0 Å². The molecule has 5 heteroatoms. The second-order valence-corrected chi connectivity index (χ2v) is 6.35. The molecule has 2 fully saturated rings. The molecule has 2 aliphatic rings. The Labute approximate surface area is 122 Å². The summed E-state index contributed by atoms with van der Waals surface area (Å²) in [6.07, 6.45) is 2.41. The van der Waals surface area contributed by atoms with Crippen molar-refractivity contribution in [2.75, 3.05) is 32.8 Å². The lowest BCUT2D eigenvalue weighted by molar-refractivity contribution is -0.129.